The number of amides is 1. The van der Waals surface area contributed by atoms with Crippen molar-refractivity contribution < 1.29 is 23.5 Å². The largest absolute Gasteiger partial charge is 0.444 e. The van der Waals surface area contributed by atoms with Gasteiger partial charge in [0.1, 0.15) is 23.0 Å². The number of ether oxygens (including phenoxy) is 2. The highest BCUT2D eigenvalue weighted by atomic mass is 16.6. The number of carbonyl (C=O) groups excluding carboxylic acids is 2. The Morgan fingerprint density at radius 2 is 1.74 bits per heavy atom. The Kier molecular flexibility index (Phi) is 7.99. The van der Waals surface area contributed by atoms with Gasteiger partial charge in [0.15, 0.2) is 0 Å². The zero-order chi connectivity index (χ0) is 25.8. The molecule has 7 heteroatoms. The molecular formula is C28H33NO6. The van der Waals surface area contributed by atoms with E-state index in [4.69, 9.17) is 13.9 Å². The highest BCUT2D eigenvalue weighted by Crippen LogP contribution is 2.26. The van der Waals surface area contributed by atoms with Crippen molar-refractivity contribution in [3.8, 4) is 5.75 Å². The second-order valence-electron chi connectivity index (χ2n) is 10.1. The van der Waals surface area contributed by atoms with E-state index < -0.39 is 29.3 Å². The molecule has 0 bridgehead atoms. The lowest BCUT2D eigenvalue weighted by molar-refractivity contribution is -0.137. The van der Waals surface area contributed by atoms with Gasteiger partial charge < -0.3 is 19.2 Å². The maximum atomic E-state index is 12.9. The molecule has 0 saturated carbocycles. The highest BCUT2D eigenvalue weighted by Gasteiger charge is 2.27. The molecule has 0 aliphatic rings. The molecule has 0 saturated heterocycles. The summed E-state index contributed by atoms with van der Waals surface area (Å²) < 4.78 is 16.4. The lowest BCUT2D eigenvalue weighted by Crippen LogP contribution is -2.45. The van der Waals surface area contributed by atoms with E-state index in [1.807, 2.05) is 51.1 Å². The van der Waals surface area contributed by atoms with E-state index >= 15 is 0 Å². The second kappa shape index (κ2) is 10.8. The first-order chi connectivity index (χ1) is 16.4. The number of esters is 1. The van der Waals surface area contributed by atoms with E-state index in [9.17, 15) is 14.4 Å². The van der Waals surface area contributed by atoms with Crippen LogP contribution in [0.2, 0.25) is 0 Å². The number of hydrogen-bond donors (Lipinski definition) is 1. The summed E-state index contributed by atoms with van der Waals surface area (Å²) in [7, 11) is 0. The summed E-state index contributed by atoms with van der Waals surface area (Å²) in [4.78, 5) is 37.8. The maximum Gasteiger partial charge on any atom is 0.408 e. The Hall–Kier alpha value is -3.61. The fourth-order valence-corrected chi connectivity index (χ4v) is 3.76. The number of rotatable bonds is 7. The lowest BCUT2D eigenvalue weighted by atomic mass is 9.99. The Balaban J connectivity index is 1.82. The van der Waals surface area contributed by atoms with Gasteiger partial charge in [0.05, 0.1) is 0 Å². The van der Waals surface area contributed by atoms with Gasteiger partial charge in [-0.05, 0) is 63.3 Å². The van der Waals surface area contributed by atoms with Gasteiger partial charge in [-0.15, -0.1) is 0 Å². The summed E-state index contributed by atoms with van der Waals surface area (Å²) in [5, 5.41) is 3.37. The maximum absolute atomic E-state index is 12.9. The Bertz CT molecular complexity index is 1250. The molecule has 3 rings (SSSR count). The smallest absolute Gasteiger partial charge is 0.408 e. The molecule has 1 amide bonds. The summed E-state index contributed by atoms with van der Waals surface area (Å²) in [6.45, 7) is 11.0. The summed E-state index contributed by atoms with van der Waals surface area (Å²) in [5.74, 6) is -0.271. The van der Waals surface area contributed by atoms with Crippen LogP contribution in [0.25, 0.3) is 11.0 Å². The first-order valence-corrected chi connectivity index (χ1v) is 11.7. The van der Waals surface area contributed by atoms with Crippen LogP contribution in [0.5, 0.6) is 5.75 Å². The van der Waals surface area contributed by atoms with Crippen molar-refractivity contribution in [1.82, 2.24) is 5.32 Å². The molecule has 2 aromatic carbocycles. The van der Waals surface area contributed by atoms with Crippen molar-refractivity contribution in [3.05, 3.63) is 75.6 Å². The number of alkyl carbamates (subject to hydrolysis) is 1. The van der Waals surface area contributed by atoms with Crippen LogP contribution in [0.4, 0.5) is 4.79 Å². The number of benzene rings is 2. The summed E-state index contributed by atoms with van der Waals surface area (Å²) in [6.07, 6.45) is 0.156. The molecule has 1 atom stereocenters. The summed E-state index contributed by atoms with van der Waals surface area (Å²) >= 11 is 0. The molecule has 3 aromatic rings. The van der Waals surface area contributed by atoms with Gasteiger partial charge in [-0.25, -0.2) is 14.4 Å². The zero-order valence-electron chi connectivity index (χ0n) is 21.1. The fourth-order valence-electron chi connectivity index (χ4n) is 3.76. The third-order valence-corrected chi connectivity index (χ3v) is 5.38. The van der Waals surface area contributed by atoms with Crippen LogP contribution >= 0.6 is 0 Å². The van der Waals surface area contributed by atoms with E-state index in [2.05, 4.69) is 5.32 Å². The van der Waals surface area contributed by atoms with Crippen LogP contribution in [0, 0.1) is 12.8 Å². The van der Waals surface area contributed by atoms with Gasteiger partial charge in [-0.2, -0.15) is 0 Å². The van der Waals surface area contributed by atoms with E-state index in [0.717, 1.165) is 16.5 Å². The third kappa shape index (κ3) is 7.18. The van der Waals surface area contributed by atoms with Gasteiger partial charge >= 0.3 is 17.7 Å². The summed E-state index contributed by atoms with van der Waals surface area (Å²) in [5.41, 5.74) is 1.64. The van der Waals surface area contributed by atoms with Gasteiger partial charge in [0.25, 0.3) is 0 Å². The van der Waals surface area contributed by atoms with Crippen LogP contribution in [0.1, 0.15) is 57.7 Å². The molecule has 0 unspecified atom stereocenters. The fraction of sp³-hybridized carbons (Fsp3) is 0.393. The van der Waals surface area contributed by atoms with Gasteiger partial charge in [0.2, 0.25) is 0 Å². The van der Waals surface area contributed by atoms with E-state index in [-0.39, 0.29) is 11.7 Å². The van der Waals surface area contributed by atoms with Gasteiger partial charge in [-0.1, -0.05) is 44.2 Å². The van der Waals surface area contributed by atoms with E-state index in [0.29, 0.717) is 24.0 Å². The van der Waals surface area contributed by atoms with E-state index in [1.54, 1.807) is 32.9 Å². The molecular weight excluding hydrogens is 446 g/mol. The normalized spacial score (nSPS) is 12.4. The molecule has 186 valence electrons. The van der Waals surface area contributed by atoms with Crippen molar-refractivity contribution in [2.24, 2.45) is 5.92 Å². The molecule has 1 aromatic heterocycles. The highest BCUT2D eigenvalue weighted by molar-refractivity contribution is 5.86. The molecule has 35 heavy (non-hydrogen) atoms. The van der Waals surface area contributed by atoms with Crippen LogP contribution in [0.15, 0.2) is 57.7 Å². The first kappa shape index (κ1) is 26.0. The zero-order valence-corrected chi connectivity index (χ0v) is 21.1. The Morgan fingerprint density at radius 3 is 2.37 bits per heavy atom. The molecule has 0 radical (unpaired) electrons. The van der Waals surface area contributed by atoms with E-state index in [1.165, 1.54) is 6.07 Å². The minimum absolute atomic E-state index is 0.128. The Morgan fingerprint density at radius 1 is 1.06 bits per heavy atom. The lowest BCUT2D eigenvalue weighted by Gasteiger charge is -2.23. The topological polar surface area (TPSA) is 94.8 Å². The van der Waals surface area contributed by atoms with Crippen molar-refractivity contribution >= 4 is 23.0 Å². The SMILES string of the molecule is Cc1c(Cc2ccccc2)c(=O)oc2cc(OC(=O)[C@H](CC(C)C)NC(=O)OC(C)(C)C)ccc12. The quantitative estimate of drug-likeness (QED) is 0.272. The van der Waals surface area contributed by atoms with Crippen LogP contribution < -0.4 is 15.7 Å². The number of hydrogen-bond acceptors (Lipinski definition) is 6. The molecule has 1 heterocycles. The number of nitrogens with one attached hydrogen (secondary N) is 1. The van der Waals surface area contributed by atoms with Crippen LogP contribution in [0.3, 0.4) is 0 Å². The number of aryl methyl sites for hydroxylation is 1. The van der Waals surface area contributed by atoms with Crippen molar-refractivity contribution in [2.45, 2.75) is 66.0 Å². The Labute approximate surface area is 205 Å². The monoisotopic (exact) mass is 479 g/mol. The average Bonchev–Trinajstić information content (AvgIpc) is 2.75. The molecule has 7 nitrogen and oxygen atoms in total. The van der Waals surface area contributed by atoms with Crippen LogP contribution in [-0.2, 0) is 16.0 Å². The average molecular weight is 480 g/mol. The second-order valence-corrected chi connectivity index (χ2v) is 10.1. The molecule has 0 aliphatic carbocycles. The van der Waals surface area contributed by atoms with Crippen molar-refractivity contribution in [1.29, 1.82) is 0 Å². The molecule has 0 spiro atoms. The molecule has 0 aliphatic heterocycles. The standard InChI is InChI=1S/C28H33NO6/c1-17(2)14-23(29-27(32)35-28(4,5)6)26(31)33-20-12-13-21-18(3)22(25(30)34-24(21)16-20)15-19-10-8-7-9-11-19/h7-13,16-17,23H,14-15H2,1-6H3,(H,29,32)/t23-/m0/s1. The van der Waals surface area contributed by atoms with Crippen LogP contribution in [-0.4, -0.2) is 23.7 Å². The van der Waals surface area contributed by atoms with Crippen molar-refractivity contribution in [3.63, 3.8) is 0 Å². The minimum atomic E-state index is -0.887. The number of fused-ring (bicyclic) bond motifs is 1. The predicted molar refractivity (Wildman–Crippen MR) is 135 cm³/mol. The first-order valence-electron chi connectivity index (χ1n) is 11.7. The molecule has 0 fully saturated rings. The minimum Gasteiger partial charge on any atom is -0.444 e. The van der Waals surface area contributed by atoms with Crippen molar-refractivity contribution in [2.75, 3.05) is 0 Å². The summed E-state index contributed by atoms with van der Waals surface area (Å²) in [6, 6.07) is 13.8. The molecule has 1 N–H and O–H groups in total. The van der Waals surface area contributed by atoms with Gasteiger partial charge in [0, 0.05) is 23.4 Å². The predicted octanol–water partition coefficient (Wildman–Crippen LogP) is 5.54. The van der Waals surface area contributed by atoms with Gasteiger partial charge in [-0.3, -0.25) is 0 Å². The number of carbonyl (C=O) groups is 2. The third-order valence-electron chi connectivity index (χ3n) is 5.38.